The molecule has 6 heteroatoms. The van der Waals surface area contributed by atoms with Gasteiger partial charge in [0.25, 0.3) is 0 Å². The minimum Gasteiger partial charge on any atom is -0.392 e. The minimum absolute atomic E-state index is 0.234. The predicted molar refractivity (Wildman–Crippen MR) is 85.1 cm³/mol. The first-order valence-electron chi connectivity index (χ1n) is 7.70. The molecule has 0 saturated carbocycles. The molecule has 0 aliphatic carbocycles. The van der Waals surface area contributed by atoms with Gasteiger partial charge in [0.15, 0.2) is 0 Å². The van der Waals surface area contributed by atoms with Gasteiger partial charge < -0.3 is 10.8 Å². The van der Waals surface area contributed by atoms with Gasteiger partial charge in [0.05, 0.1) is 6.10 Å². The smallest absolute Gasteiger partial charge is 0.248 e. The number of aliphatic hydroxyl groups excluding tert-OH is 1. The van der Waals surface area contributed by atoms with Gasteiger partial charge in [-0.05, 0) is 42.3 Å². The number of amides is 1. The molecule has 2 aromatic carbocycles. The Kier molecular flexibility index (Phi) is 4.59. The molecule has 1 amide bonds. The quantitative estimate of drug-likeness (QED) is 0.903. The fourth-order valence-corrected chi connectivity index (χ4v) is 3.21. The second-order valence-corrected chi connectivity index (χ2v) is 6.07. The van der Waals surface area contributed by atoms with Crippen molar-refractivity contribution in [3.8, 4) is 0 Å². The van der Waals surface area contributed by atoms with Crippen LogP contribution in [0.25, 0.3) is 0 Å². The van der Waals surface area contributed by atoms with Crippen molar-refractivity contribution in [2.75, 3.05) is 6.54 Å². The van der Waals surface area contributed by atoms with Crippen molar-refractivity contribution in [2.24, 2.45) is 5.73 Å². The van der Waals surface area contributed by atoms with Crippen molar-refractivity contribution in [3.63, 3.8) is 0 Å². The number of rotatable bonds is 4. The molecular weight excluding hydrogens is 314 g/mol. The fraction of sp³-hybridized carbons (Fsp3) is 0.278. The summed E-state index contributed by atoms with van der Waals surface area (Å²) in [6.45, 7) is 0.750. The lowest BCUT2D eigenvalue weighted by Crippen LogP contribution is -2.25. The number of nitrogens with zero attached hydrogens (tertiary/aromatic N) is 1. The average molecular weight is 332 g/mol. The Morgan fingerprint density at radius 1 is 1.25 bits per heavy atom. The molecule has 24 heavy (non-hydrogen) atoms. The highest BCUT2D eigenvalue weighted by Crippen LogP contribution is 2.35. The van der Waals surface area contributed by atoms with E-state index >= 15 is 0 Å². The van der Waals surface area contributed by atoms with Gasteiger partial charge in [-0.2, -0.15) is 0 Å². The minimum atomic E-state index is -0.614. The molecule has 2 atom stereocenters. The van der Waals surface area contributed by atoms with E-state index in [0.717, 1.165) is 17.7 Å². The zero-order valence-corrected chi connectivity index (χ0v) is 13.0. The Hall–Kier alpha value is -2.31. The van der Waals surface area contributed by atoms with Crippen LogP contribution in [0.3, 0.4) is 0 Å². The highest BCUT2D eigenvalue weighted by atomic mass is 19.1. The summed E-state index contributed by atoms with van der Waals surface area (Å²) in [5, 5.41) is 9.98. The Balaban J connectivity index is 1.87. The monoisotopic (exact) mass is 332 g/mol. The van der Waals surface area contributed by atoms with Crippen molar-refractivity contribution in [2.45, 2.75) is 25.1 Å². The van der Waals surface area contributed by atoms with E-state index in [9.17, 15) is 18.7 Å². The standard InChI is InChI=1S/C18H18F2N2O2/c19-13-4-5-16(20)15(7-13)17-8-14(23)10-22(17)9-11-2-1-3-12(6-11)18(21)24/h1-7,14,17,23H,8-10H2,(H2,21,24)/t14-,17+/m1/s1. The van der Waals surface area contributed by atoms with E-state index in [0.29, 0.717) is 25.1 Å². The normalized spacial score (nSPS) is 21.1. The molecule has 0 bridgehead atoms. The number of aliphatic hydroxyl groups is 1. The molecule has 0 spiro atoms. The number of hydrogen-bond acceptors (Lipinski definition) is 3. The number of β-amino-alcohol motifs (C(OH)–C–C–N with tert-alkyl or cyclic N) is 1. The molecule has 0 unspecified atom stereocenters. The molecule has 1 aliphatic heterocycles. The molecule has 4 nitrogen and oxygen atoms in total. The van der Waals surface area contributed by atoms with Crippen LogP contribution in [0.2, 0.25) is 0 Å². The van der Waals surface area contributed by atoms with Crippen molar-refractivity contribution < 1.29 is 18.7 Å². The van der Waals surface area contributed by atoms with Crippen LogP contribution < -0.4 is 5.73 Å². The summed E-state index contributed by atoms with van der Waals surface area (Å²) in [7, 11) is 0. The second kappa shape index (κ2) is 6.67. The van der Waals surface area contributed by atoms with E-state index in [1.165, 1.54) is 6.07 Å². The van der Waals surface area contributed by atoms with E-state index in [2.05, 4.69) is 0 Å². The lowest BCUT2D eigenvalue weighted by molar-refractivity contribution is 0.1000. The van der Waals surface area contributed by atoms with Gasteiger partial charge in [-0.25, -0.2) is 8.78 Å². The zero-order valence-electron chi connectivity index (χ0n) is 13.0. The third kappa shape index (κ3) is 3.44. The van der Waals surface area contributed by atoms with Crippen LogP contribution in [0.5, 0.6) is 0 Å². The summed E-state index contributed by atoms with van der Waals surface area (Å²) in [6.07, 6.45) is -0.285. The lowest BCUT2D eigenvalue weighted by Gasteiger charge is -2.25. The molecule has 1 heterocycles. The molecule has 3 rings (SSSR count). The summed E-state index contributed by atoms with van der Waals surface area (Å²) in [5.74, 6) is -1.53. The van der Waals surface area contributed by atoms with Gasteiger partial charge in [-0.3, -0.25) is 9.69 Å². The first-order chi connectivity index (χ1) is 11.4. The maximum atomic E-state index is 14.1. The largest absolute Gasteiger partial charge is 0.392 e. The van der Waals surface area contributed by atoms with Gasteiger partial charge in [0.2, 0.25) is 5.91 Å². The maximum Gasteiger partial charge on any atom is 0.248 e. The highest BCUT2D eigenvalue weighted by Gasteiger charge is 2.33. The fourth-order valence-electron chi connectivity index (χ4n) is 3.21. The molecular formula is C18H18F2N2O2. The predicted octanol–water partition coefficient (Wildman–Crippen LogP) is 2.37. The van der Waals surface area contributed by atoms with E-state index in [1.54, 1.807) is 18.2 Å². The Morgan fingerprint density at radius 2 is 2.04 bits per heavy atom. The zero-order chi connectivity index (χ0) is 17.3. The van der Waals surface area contributed by atoms with Crippen LogP contribution in [-0.4, -0.2) is 28.6 Å². The SMILES string of the molecule is NC(=O)c1cccc(CN2C[C@H](O)C[C@H]2c2cc(F)ccc2F)c1. The maximum absolute atomic E-state index is 14.1. The third-order valence-electron chi connectivity index (χ3n) is 4.30. The van der Waals surface area contributed by atoms with Crippen molar-refractivity contribution >= 4 is 5.91 Å². The molecule has 0 aromatic heterocycles. The first kappa shape index (κ1) is 16.5. The van der Waals surface area contributed by atoms with Gasteiger partial charge in [-0.1, -0.05) is 12.1 Å². The van der Waals surface area contributed by atoms with E-state index < -0.39 is 29.7 Å². The topological polar surface area (TPSA) is 66.6 Å². The highest BCUT2D eigenvalue weighted by molar-refractivity contribution is 5.92. The van der Waals surface area contributed by atoms with E-state index in [4.69, 9.17) is 5.73 Å². The summed E-state index contributed by atoms with van der Waals surface area (Å²) in [5.41, 5.74) is 6.73. The average Bonchev–Trinajstić information content (AvgIpc) is 2.90. The van der Waals surface area contributed by atoms with Crippen LogP contribution in [0.1, 0.15) is 33.9 Å². The molecule has 126 valence electrons. The van der Waals surface area contributed by atoms with Crippen LogP contribution >= 0.6 is 0 Å². The third-order valence-corrected chi connectivity index (χ3v) is 4.30. The first-order valence-corrected chi connectivity index (χ1v) is 7.70. The number of carbonyl (C=O) groups excluding carboxylic acids is 1. The molecule has 2 aromatic rings. The lowest BCUT2D eigenvalue weighted by atomic mass is 10.0. The van der Waals surface area contributed by atoms with Crippen LogP contribution in [0.4, 0.5) is 8.78 Å². The second-order valence-electron chi connectivity index (χ2n) is 6.07. The summed E-state index contributed by atoms with van der Waals surface area (Å²) in [6, 6.07) is 9.76. The van der Waals surface area contributed by atoms with Gasteiger partial charge in [-0.15, -0.1) is 0 Å². The van der Waals surface area contributed by atoms with Gasteiger partial charge in [0.1, 0.15) is 11.6 Å². The Bertz CT molecular complexity index is 766. The van der Waals surface area contributed by atoms with Gasteiger partial charge >= 0.3 is 0 Å². The van der Waals surface area contributed by atoms with Crippen molar-refractivity contribution in [3.05, 3.63) is 70.8 Å². The molecule has 3 N–H and O–H groups in total. The Morgan fingerprint density at radius 3 is 2.79 bits per heavy atom. The molecule has 1 saturated heterocycles. The number of primary amides is 1. The van der Waals surface area contributed by atoms with Crippen molar-refractivity contribution in [1.82, 2.24) is 4.90 Å². The summed E-state index contributed by atoms with van der Waals surface area (Å²) >= 11 is 0. The van der Waals surface area contributed by atoms with Gasteiger partial charge in [0, 0.05) is 30.3 Å². The number of halogens is 2. The number of nitrogens with two attached hydrogens (primary N) is 1. The summed E-state index contributed by atoms with van der Waals surface area (Å²) in [4.78, 5) is 13.2. The summed E-state index contributed by atoms with van der Waals surface area (Å²) < 4.78 is 27.6. The number of hydrogen-bond donors (Lipinski definition) is 2. The molecule has 1 fully saturated rings. The number of likely N-dealkylation sites (tertiary alicyclic amines) is 1. The molecule has 1 aliphatic rings. The van der Waals surface area contributed by atoms with Crippen molar-refractivity contribution in [1.29, 1.82) is 0 Å². The number of carbonyl (C=O) groups is 1. The van der Waals surface area contributed by atoms with Crippen LogP contribution in [0.15, 0.2) is 42.5 Å². The van der Waals surface area contributed by atoms with Crippen LogP contribution in [0, 0.1) is 11.6 Å². The molecule has 0 radical (unpaired) electrons. The van der Waals surface area contributed by atoms with E-state index in [-0.39, 0.29) is 5.56 Å². The van der Waals surface area contributed by atoms with E-state index in [1.807, 2.05) is 11.0 Å². The van der Waals surface area contributed by atoms with Crippen LogP contribution in [-0.2, 0) is 6.54 Å². The Labute approximate surface area is 138 Å². The number of benzene rings is 2.